The van der Waals surface area contributed by atoms with Crippen LogP contribution in [-0.4, -0.2) is 28.3 Å². The zero-order valence-electron chi connectivity index (χ0n) is 12.3. The molecule has 2 rings (SSSR count). The minimum Gasteiger partial charge on any atom is -0.379 e. The number of aromatic nitrogens is 3. The minimum atomic E-state index is -0.759. The third kappa shape index (κ3) is 3.23. The summed E-state index contributed by atoms with van der Waals surface area (Å²) in [5.41, 5.74) is 6.32. The predicted molar refractivity (Wildman–Crippen MR) is 77.5 cm³/mol. The van der Waals surface area contributed by atoms with E-state index in [-0.39, 0.29) is 0 Å². The Kier molecular flexibility index (Phi) is 4.52. The van der Waals surface area contributed by atoms with E-state index >= 15 is 0 Å². The first-order valence-electron chi connectivity index (χ1n) is 6.59. The molecule has 0 aliphatic rings. The molecule has 0 saturated heterocycles. The van der Waals surface area contributed by atoms with E-state index < -0.39 is 5.54 Å². The summed E-state index contributed by atoms with van der Waals surface area (Å²) >= 11 is 1.53. The number of nitrogens with two attached hydrogens (primary N) is 1. The van der Waals surface area contributed by atoms with Crippen molar-refractivity contribution >= 4 is 11.3 Å². The highest BCUT2D eigenvalue weighted by Gasteiger charge is 2.29. The molecule has 7 heteroatoms. The zero-order valence-corrected chi connectivity index (χ0v) is 13.1. The van der Waals surface area contributed by atoms with Crippen LogP contribution in [-0.2, 0) is 10.3 Å². The van der Waals surface area contributed by atoms with Crippen LogP contribution in [0.5, 0.6) is 0 Å². The number of nitrogens with zero attached hydrogens (tertiary/aromatic N) is 3. The number of hydrogen-bond donors (Lipinski definition) is 1. The van der Waals surface area contributed by atoms with Crippen LogP contribution in [0.4, 0.5) is 0 Å². The monoisotopic (exact) mass is 296 g/mol. The molecule has 0 amide bonds. The van der Waals surface area contributed by atoms with Crippen molar-refractivity contribution in [3.63, 3.8) is 0 Å². The van der Waals surface area contributed by atoms with Gasteiger partial charge in [0.25, 0.3) is 5.89 Å². The molecule has 0 aliphatic carbocycles. The standard InChI is InChI=1S/C13H20N4O2S/c1-5-6-18-7-13(4,14)12-16-11(19-17-12)10-8(2)15-9(3)20-10/h5-7,14H2,1-4H3. The predicted octanol–water partition coefficient (Wildman–Crippen LogP) is 2.41. The van der Waals surface area contributed by atoms with E-state index in [1.807, 2.05) is 20.8 Å². The summed E-state index contributed by atoms with van der Waals surface area (Å²) in [6.07, 6.45) is 0.951. The van der Waals surface area contributed by atoms with E-state index in [0.717, 1.165) is 22.0 Å². The number of thiazole rings is 1. The molecule has 1 atom stereocenters. The van der Waals surface area contributed by atoms with E-state index in [1.54, 1.807) is 0 Å². The largest absolute Gasteiger partial charge is 0.379 e. The molecule has 0 bridgehead atoms. The Bertz CT molecular complexity index is 577. The Morgan fingerprint density at radius 2 is 2.10 bits per heavy atom. The second kappa shape index (κ2) is 5.99. The number of aryl methyl sites for hydroxylation is 2. The highest BCUT2D eigenvalue weighted by molar-refractivity contribution is 7.15. The van der Waals surface area contributed by atoms with Crippen LogP contribution < -0.4 is 5.73 Å². The van der Waals surface area contributed by atoms with Crippen molar-refractivity contribution < 1.29 is 9.26 Å². The van der Waals surface area contributed by atoms with Crippen molar-refractivity contribution in [2.45, 2.75) is 39.7 Å². The average molecular weight is 296 g/mol. The van der Waals surface area contributed by atoms with Gasteiger partial charge < -0.3 is 15.0 Å². The van der Waals surface area contributed by atoms with Crippen molar-refractivity contribution in [1.82, 2.24) is 15.1 Å². The van der Waals surface area contributed by atoms with E-state index in [2.05, 4.69) is 22.0 Å². The lowest BCUT2D eigenvalue weighted by Gasteiger charge is -2.19. The lowest BCUT2D eigenvalue weighted by atomic mass is 10.1. The number of hydrogen-bond acceptors (Lipinski definition) is 7. The molecule has 0 fully saturated rings. The SMILES string of the molecule is CCCOCC(C)(N)c1noc(-c2sc(C)nc2C)n1. The van der Waals surface area contributed by atoms with Crippen molar-refractivity contribution in [2.75, 3.05) is 13.2 Å². The van der Waals surface area contributed by atoms with Gasteiger partial charge in [0.05, 0.1) is 17.3 Å². The third-order valence-electron chi connectivity index (χ3n) is 2.78. The van der Waals surface area contributed by atoms with E-state index in [1.165, 1.54) is 11.3 Å². The Morgan fingerprint density at radius 1 is 1.35 bits per heavy atom. The molecular formula is C13H20N4O2S. The Labute approximate surface area is 122 Å². The van der Waals surface area contributed by atoms with Crippen LogP contribution in [0.25, 0.3) is 10.8 Å². The number of rotatable bonds is 6. The minimum absolute atomic E-state index is 0.362. The summed E-state index contributed by atoms with van der Waals surface area (Å²) in [6, 6.07) is 0. The molecule has 6 nitrogen and oxygen atoms in total. The van der Waals surface area contributed by atoms with Crippen molar-refractivity contribution in [3.8, 4) is 10.8 Å². The summed E-state index contributed by atoms with van der Waals surface area (Å²) in [6.45, 7) is 8.79. The summed E-state index contributed by atoms with van der Waals surface area (Å²) in [5, 5.41) is 4.95. The van der Waals surface area contributed by atoms with Crippen molar-refractivity contribution in [2.24, 2.45) is 5.73 Å². The van der Waals surface area contributed by atoms with Crippen LogP contribution in [0.15, 0.2) is 4.52 Å². The maximum absolute atomic E-state index is 6.19. The Hall–Kier alpha value is -1.31. The maximum Gasteiger partial charge on any atom is 0.269 e. The zero-order chi connectivity index (χ0) is 14.8. The molecule has 110 valence electrons. The van der Waals surface area contributed by atoms with Gasteiger partial charge in [-0.1, -0.05) is 12.1 Å². The van der Waals surface area contributed by atoms with Gasteiger partial charge in [-0.3, -0.25) is 0 Å². The van der Waals surface area contributed by atoms with Crippen LogP contribution in [0.1, 0.15) is 36.8 Å². The van der Waals surface area contributed by atoms with Gasteiger partial charge in [0.15, 0.2) is 5.82 Å². The Balaban J connectivity index is 2.18. The molecule has 2 aromatic heterocycles. The second-order valence-electron chi connectivity index (χ2n) is 5.04. The van der Waals surface area contributed by atoms with Gasteiger partial charge in [-0.05, 0) is 27.2 Å². The van der Waals surface area contributed by atoms with Crippen molar-refractivity contribution in [3.05, 3.63) is 16.5 Å². The van der Waals surface area contributed by atoms with E-state index in [0.29, 0.717) is 24.9 Å². The first-order chi connectivity index (χ1) is 9.44. The smallest absolute Gasteiger partial charge is 0.269 e. The van der Waals surface area contributed by atoms with Crippen LogP contribution in [0.2, 0.25) is 0 Å². The lowest BCUT2D eigenvalue weighted by Crippen LogP contribution is -2.39. The number of ether oxygens (including phenoxy) is 1. The van der Waals surface area contributed by atoms with Crippen LogP contribution >= 0.6 is 11.3 Å². The molecule has 2 N–H and O–H groups in total. The van der Waals surface area contributed by atoms with E-state index in [4.69, 9.17) is 15.0 Å². The topological polar surface area (TPSA) is 87.1 Å². The highest BCUT2D eigenvalue weighted by atomic mass is 32.1. The molecule has 20 heavy (non-hydrogen) atoms. The summed E-state index contributed by atoms with van der Waals surface area (Å²) in [7, 11) is 0. The van der Waals surface area contributed by atoms with Gasteiger partial charge in [-0.15, -0.1) is 11.3 Å². The lowest BCUT2D eigenvalue weighted by molar-refractivity contribution is 0.0867. The molecule has 0 aromatic carbocycles. The van der Waals surface area contributed by atoms with Crippen LogP contribution in [0, 0.1) is 13.8 Å². The molecule has 2 aromatic rings. The summed E-state index contributed by atoms with van der Waals surface area (Å²) < 4.78 is 10.8. The van der Waals surface area contributed by atoms with Gasteiger partial charge in [0.2, 0.25) is 0 Å². The van der Waals surface area contributed by atoms with Gasteiger partial charge in [-0.2, -0.15) is 4.98 Å². The first-order valence-corrected chi connectivity index (χ1v) is 7.41. The molecule has 0 aliphatic heterocycles. The maximum atomic E-state index is 6.19. The Morgan fingerprint density at radius 3 is 2.70 bits per heavy atom. The molecular weight excluding hydrogens is 276 g/mol. The normalized spacial score (nSPS) is 14.4. The fourth-order valence-corrected chi connectivity index (χ4v) is 2.61. The molecule has 0 spiro atoms. The molecule has 1 unspecified atom stereocenters. The van der Waals surface area contributed by atoms with Crippen molar-refractivity contribution in [1.29, 1.82) is 0 Å². The summed E-state index contributed by atoms with van der Waals surface area (Å²) in [5.74, 6) is 0.921. The fraction of sp³-hybridized carbons (Fsp3) is 0.615. The second-order valence-corrected chi connectivity index (χ2v) is 6.24. The van der Waals surface area contributed by atoms with Gasteiger partial charge in [-0.25, -0.2) is 4.98 Å². The highest BCUT2D eigenvalue weighted by Crippen LogP contribution is 2.29. The molecule has 0 radical (unpaired) electrons. The van der Waals surface area contributed by atoms with Gasteiger partial charge in [0.1, 0.15) is 10.4 Å². The van der Waals surface area contributed by atoms with Crippen LogP contribution in [0.3, 0.4) is 0 Å². The third-order valence-corrected chi connectivity index (χ3v) is 3.85. The quantitative estimate of drug-likeness (QED) is 0.824. The average Bonchev–Trinajstić information content (AvgIpc) is 2.96. The van der Waals surface area contributed by atoms with E-state index in [9.17, 15) is 0 Å². The fourth-order valence-electron chi connectivity index (χ4n) is 1.77. The first kappa shape index (κ1) is 15.1. The summed E-state index contributed by atoms with van der Waals surface area (Å²) in [4.78, 5) is 9.64. The van der Waals surface area contributed by atoms with Gasteiger partial charge in [0, 0.05) is 6.61 Å². The molecule has 2 heterocycles. The van der Waals surface area contributed by atoms with Gasteiger partial charge >= 0.3 is 0 Å². The molecule has 0 saturated carbocycles.